The minimum Gasteiger partial charge on any atom is -0.465 e. The molecule has 0 aromatic heterocycles. The van der Waals surface area contributed by atoms with Crippen LogP contribution < -0.4 is 0 Å². The molecule has 2 unspecified atom stereocenters. The number of rotatable bonds is 3. The maximum Gasteiger partial charge on any atom is 0.302 e. The van der Waals surface area contributed by atoms with Gasteiger partial charge in [-0.05, 0) is 25.3 Å². The molecule has 7 nitrogen and oxygen atoms in total. The fraction of sp³-hybridized carbons (Fsp3) is 0.789. The van der Waals surface area contributed by atoms with Gasteiger partial charge in [0.25, 0.3) is 0 Å². The summed E-state index contributed by atoms with van der Waals surface area (Å²) in [4.78, 5) is 23.2. The third kappa shape index (κ3) is 2.17. The Hall–Kier alpha value is -1.44. The maximum absolute atomic E-state index is 11.6. The van der Waals surface area contributed by atoms with Gasteiger partial charge >= 0.3 is 11.9 Å². The molecule has 26 heavy (non-hydrogen) atoms. The molecule has 1 N–H and O–H groups in total. The second-order valence-electron chi connectivity index (χ2n) is 8.41. The third-order valence-electron chi connectivity index (χ3n) is 7.08. The van der Waals surface area contributed by atoms with Gasteiger partial charge in [-0.3, -0.25) is 9.59 Å². The summed E-state index contributed by atoms with van der Waals surface area (Å²) >= 11 is 0. The molecular weight excluding hydrogens is 340 g/mol. The van der Waals surface area contributed by atoms with E-state index < -0.39 is 28.6 Å². The molecule has 1 saturated carbocycles. The third-order valence-corrected chi connectivity index (χ3v) is 7.08. The van der Waals surface area contributed by atoms with Crippen molar-refractivity contribution in [2.24, 2.45) is 10.8 Å². The van der Waals surface area contributed by atoms with E-state index in [1.54, 1.807) is 0 Å². The Balaban J connectivity index is 1.80. The summed E-state index contributed by atoms with van der Waals surface area (Å²) in [6.45, 7) is 7.38. The lowest BCUT2D eigenvalue weighted by Crippen LogP contribution is -2.65. The molecule has 2 aliphatic heterocycles. The van der Waals surface area contributed by atoms with Gasteiger partial charge in [0.15, 0.2) is 0 Å². The lowest BCUT2D eigenvalue weighted by Gasteiger charge is -2.57. The van der Waals surface area contributed by atoms with Crippen LogP contribution in [0, 0.1) is 10.8 Å². The van der Waals surface area contributed by atoms with Crippen LogP contribution >= 0.6 is 0 Å². The molecule has 4 rings (SSSR count). The first-order valence-corrected chi connectivity index (χ1v) is 9.12. The maximum atomic E-state index is 11.6. The van der Waals surface area contributed by atoms with E-state index in [1.165, 1.54) is 13.8 Å². The highest BCUT2D eigenvalue weighted by atomic mass is 16.7. The van der Waals surface area contributed by atoms with E-state index in [-0.39, 0.29) is 30.8 Å². The van der Waals surface area contributed by atoms with Gasteiger partial charge in [0.1, 0.15) is 24.4 Å². The number of fused-ring (bicyclic) bond motifs is 2. The predicted molar refractivity (Wildman–Crippen MR) is 89.1 cm³/mol. The fourth-order valence-electron chi connectivity index (χ4n) is 5.52. The second-order valence-corrected chi connectivity index (χ2v) is 8.41. The first-order valence-electron chi connectivity index (χ1n) is 9.12. The minimum absolute atomic E-state index is 0.134. The molecule has 4 aliphatic rings. The van der Waals surface area contributed by atoms with Crippen molar-refractivity contribution in [2.75, 3.05) is 13.2 Å². The summed E-state index contributed by atoms with van der Waals surface area (Å²) in [5, 5.41) is 10.6. The normalized spacial score (nSPS) is 48.6. The van der Waals surface area contributed by atoms with Crippen LogP contribution in [0.1, 0.15) is 40.5 Å². The molecule has 0 amide bonds. The molecule has 0 aromatic carbocycles. The number of aliphatic hydroxyl groups is 1. The zero-order valence-electron chi connectivity index (χ0n) is 15.6. The Morgan fingerprint density at radius 3 is 2.58 bits per heavy atom. The molecule has 7 heteroatoms. The Kier molecular flexibility index (Phi) is 3.82. The lowest BCUT2D eigenvalue weighted by molar-refractivity contribution is -0.229. The molecule has 1 spiro atoms. The minimum atomic E-state index is -0.639. The predicted octanol–water partition coefficient (Wildman–Crippen LogP) is 1.12. The number of hydrogen-bond acceptors (Lipinski definition) is 7. The van der Waals surface area contributed by atoms with Gasteiger partial charge in [-0.15, -0.1) is 0 Å². The van der Waals surface area contributed by atoms with Gasteiger partial charge in [0, 0.05) is 24.7 Å². The van der Waals surface area contributed by atoms with E-state index in [4.69, 9.17) is 18.9 Å². The summed E-state index contributed by atoms with van der Waals surface area (Å²) in [6, 6.07) is 0. The number of carbonyl (C=O) groups excluding carboxylic acids is 2. The van der Waals surface area contributed by atoms with Crippen molar-refractivity contribution in [1.82, 2.24) is 0 Å². The first kappa shape index (κ1) is 17.9. The monoisotopic (exact) mass is 366 g/mol. The highest BCUT2D eigenvalue weighted by molar-refractivity contribution is 5.66. The number of ether oxygens (including phenoxy) is 4. The van der Waals surface area contributed by atoms with E-state index in [0.717, 1.165) is 5.57 Å². The van der Waals surface area contributed by atoms with E-state index in [1.807, 2.05) is 13.0 Å². The van der Waals surface area contributed by atoms with Crippen molar-refractivity contribution in [1.29, 1.82) is 0 Å². The lowest BCUT2D eigenvalue weighted by atomic mass is 9.51. The Morgan fingerprint density at radius 2 is 2.00 bits per heavy atom. The Bertz CT molecular complexity index is 681. The summed E-state index contributed by atoms with van der Waals surface area (Å²) in [5.74, 6) is -0.723. The van der Waals surface area contributed by atoms with Gasteiger partial charge < -0.3 is 24.1 Å². The van der Waals surface area contributed by atoms with Crippen LogP contribution in [0.3, 0.4) is 0 Å². The molecule has 2 saturated heterocycles. The zero-order valence-corrected chi connectivity index (χ0v) is 15.6. The van der Waals surface area contributed by atoms with Crippen LogP contribution in [0.15, 0.2) is 11.6 Å². The molecule has 2 heterocycles. The molecule has 144 valence electrons. The van der Waals surface area contributed by atoms with E-state index >= 15 is 0 Å². The summed E-state index contributed by atoms with van der Waals surface area (Å²) in [7, 11) is 0. The van der Waals surface area contributed by atoms with Gasteiger partial charge in [0.2, 0.25) is 0 Å². The van der Waals surface area contributed by atoms with Gasteiger partial charge in [-0.25, -0.2) is 0 Å². The van der Waals surface area contributed by atoms with Crippen LogP contribution in [-0.2, 0) is 28.5 Å². The Morgan fingerprint density at radius 1 is 1.31 bits per heavy atom. The van der Waals surface area contributed by atoms with E-state index in [9.17, 15) is 14.7 Å². The van der Waals surface area contributed by atoms with E-state index in [2.05, 4.69) is 6.92 Å². The van der Waals surface area contributed by atoms with Crippen LogP contribution in [0.2, 0.25) is 0 Å². The smallest absolute Gasteiger partial charge is 0.302 e. The van der Waals surface area contributed by atoms with Crippen LogP contribution in [0.25, 0.3) is 0 Å². The highest BCUT2D eigenvalue weighted by Crippen LogP contribution is 2.71. The molecule has 3 fully saturated rings. The van der Waals surface area contributed by atoms with Crippen molar-refractivity contribution in [3.63, 3.8) is 0 Å². The molecule has 2 aliphatic carbocycles. The number of hydrogen-bond donors (Lipinski definition) is 1. The fourth-order valence-corrected chi connectivity index (χ4v) is 5.52. The summed E-state index contributed by atoms with van der Waals surface area (Å²) in [5.41, 5.74) is -0.822. The van der Waals surface area contributed by atoms with Crippen LogP contribution in [-0.4, -0.2) is 60.3 Å². The zero-order chi connectivity index (χ0) is 18.9. The molecular formula is C19H26O7. The molecule has 0 radical (unpaired) electrons. The summed E-state index contributed by atoms with van der Waals surface area (Å²) in [6.07, 6.45) is 1.15. The number of esters is 2. The van der Waals surface area contributed by atoms with Gasteiger partial charge in [-0.2, -0.15) is 0 Å². The van der Waals surface area contributed by atoms with Gasteiger partial charge in [-0.1, -0.05) is 13.0 Å². The van der Waals surface area contributed by atoms with Crippen molar-refractivity contribution >= 4 is 11.9 Å². The van der Waals surface area contributed by atoms with Gasteiger partial charge in [0.05, 0.1) is 18.8 Å². The standard InChI is InChI=1S/C19H26O7/c1-10-5-15-18(6-13(10)22,8-23-11(2)20)17(4)7-14(25-12(3)21)16(26-15)19(17)9-24-19/h5,13-16,22H,6-9H2,1-4H3/t13?,14?,15-,16-,17-,18-,19-/m1/s1. The van der Waals surface area contributed by atoms with Crippen molar-refractivity contribution in [2.45, 2.75) is 70.6 Å². The number of epoxide rings is 1. The van der Waals surface area contributed by atoms with Crippen LogP contribution in [0.5, 0.6) is 0 Å². The molecule has 7 atom stereocenters. The molecule has 0 aromatic rings. The van der Waals surface area contributed by atoms with Crippen molar-refractivity contribution in [3.05, 3.63) is 11.6 Å². The first-order chi connectivity index (χ1) is 12.2. The van der Waals surface area contributed by atoms with E-state index in [0.29, 0.717) is 19.4 Å². The highest BCUT2D eigenvalue weighted by Gasteiger charge is 2.82. The topological polar surface area (TPSA) is 94.6 Å². The van der Waals surface area contributed by atoms with Crippen LogP contribution in [0.4, 0.5) is 0 Å². The quantitative estimate of drug-likeness (QED) is 0.454. The average molecular weight is 366 g/mol. The average Bonchev–Trinajstić information content (AvgIpc) is 3.30. The van der Waals surface area contributed by atoms with Crippen molar-refractivity contribution in [3.8, 4) is 0 Å². The second kappa shape index (κ2) is 5.53. The SMILES string of the molecule is CC(=O)OC[C@]12CC(O)C(C)=C[C@H]1O[C@@H]1C(OC(C)=O)C[C@@]2(C)[C@@]12CO2. The Labute approximate surface area is 152 Å². The number of aliphatic hydroxyl groups excluding tert-OH is 1. The molecule has 2 bridgehead atoms. The van der Waals surface area contributed by atoms with Crippen molar-refractivity contribution < 1.29 is 33.6 Å². The number of carbonyl (C=O) groups is 2. The largest absolute Gasteiger partial charge is 0.465 e. The summed E-state index contributed by atoms with van der Waals surface area (Å²) < 4.78 is 23.4.